The molecule has 1 atom stereocenters. The molecule has 2 aromatic rings. The second-order valence-electron chi connectivity index (χ2n) is 4.68. The summed E-state index contributed by atoms with van der Waals surface area (Å²) in [6, 6.07) is 8.95. The smallest absolute Gasteiger partial charge is 0.123 e. The average molecular weight is 258 g/mol. The van der Waals surface area contributed by atoms with Crippen LogP contribution in [0.4, 0.5) is 4.39 Å². The summed E-state index contributed by atoms with van der Waals surface area (Å²) in [5, 5.41) is 3.45. The first-order chi connectivity index (χ1) is 9.20. The number of nitrogens with zero attached hydrogens (tertiary/aromatic N) is 1. The minimum absolute atomic E-state index is 0.167. The van der Waals surface area contributed by atoms with Crippen LogP contribution >= 0.6 is 0 Å². The number of rotatable bonds is 5. The molecule has 100 valence electrons. The van der Waals surface area contributed by atoms with Gasteiger partial charge in [-0.1, -0.05) is 19.1 Å². The lowest BCUT2D eigenvalue weighted by molar-refractivity contribution is 0.543. The molecule has 1 aromatic carbocycles. The Labute approximate surface area is 113 Å². The number of likely N-dealkylation sites (N-methyl/N-ethyl adjacent to an activating group) is 1. The van der Waals surface area contributed by atoms with Crippen LogP contribution in [0.25, 0.3) is 0 Å². The lowest BCUT2D eigenvalue weighted by Gasteiger charge is -2.20. The molecule has 1 heterocycles. The van der Waals surface area contributed by atoms with Crippen LogP contribution in [0.3, 0.4) is 0 Å². The molecule has 0 radical (unpaired) electrons. The number of benzene rings is 1. The van der Waals surface area contributed by atoms with Gasteiger partial charge in [-0.05, 0) is 54.8 Å². The van der Waals surface area contributed by atoms with Gasteiger partial charge in [0.05, 0.1) is 0 Å². The van der Waals surface area contributed by atoms with Crippen LogP contribution < -0.4 is 5.32 Å². The van der Waals surface area contributed by atoms with Crippen molar-refractivity contribution in [3.8, 4) is 0 Å². The highest BCUT2D eigenvalue weighted by Gasteiger charge is 2.13. The van der Waals surface area contributed by atoms with E-state index < -0.39 is 0 Å². The summed E-state index contributed by atoms with van der Waals surface area (Å²) in [5.74, 6) is -0.185. The van der Waals surface area contributed by atoms with Gasteiger partial charge in [0, 0.05) is 18.4 Å². The number of nitrogens with one attached hydrogen (secondary N) is 1. The van der Waals surface area contributed by atoms with Crippen molar-refractivity contribution < 1.29 is 4.39 Å². The lowest BCUT2D eigenvalue weighted by atomic mass is 9.97. The van der Waals surface area contributed by atoms with Crippen LogP contribution in [-0.2, 0) is 6.42 Å². The van der Waals surface area contributed by atoms with Gasteiger partial charge in [0.25, 0.3) is 0 Å². The number of aryl methyl sites for hydroxylation is 1. The summed E-state index contributed by atoms with van der Waals surface area (Å²) in [5.41, 5.74) is 3.38. The van der Waals surface area contributed by atoms with E-state index in [-0.39, 0.29) is 11.9 Å². The maximum Gasteiger partial charge on any atom is 0.123 e. The van der Waals surface area contributed by atoms with E-state index in [0.29, 0.717) is 0 Å². The first kappa shape index (κ1) is 13.7. The highest BCUT2D eigenvalue weighted by molar-refractivity contribution is 5.28. The molecule has 1 unspecified atom stereocenters. The lowest BCUT2D eigenvalue weighted by Crippen LogP contribution is -2.24. The van der Waals surface area contributed by atoms with E-state index in [1.165, 1.54) is 17.2 Å². The summed E-state index contributed by atoms with van der Waals surface area (Å²) in [7, 11) is 0. The van der Waals surface area contributed by atoms with Gasteiger partial charge < -0.3 is 5.32 Å². The molecule has 0 saturated carbocycles. The molecule has 1 N–H and O–H groups in total. The van der Waals surface area contributed by atoms with Crippen LogP contribution in [0.15, 0.2) is 42.7 Å². The molecule has 1 aromatic heterocycles. The fourth-order valence-corrected chi connectivity index (χ4v) is 2.28. The van der Waals surface area contributed by atoms with E-state index in [1.807, 2.05) is 18.3 Å². The molecule has 0 spiro atoms. The zero-order valence-electron chi connectivity index (χ0n) is 11.4. The standard InChI is InChI=1S/C16H19FN2/c1-3-19-16(15-11-18-8-7-12(15)2)10-13-5-4-6-14(17)9-13/h4-9,11,16,19H,3,10H2,1-2H3. The summed E-state index contributed by atoms with van der Waals surface area (Å²) >= 11 is 0. The summed E-state index contributed by atoms with van der Waals surface area (Å²) < 4.78 is 13.3. The molecule has 0 fully saturated rings. The number of aromatic nitrogens is 1. The van der Waals surface area contributed by atoms with Gasteiger partial charge in [-0.2, -0.15) is 0 Å². The third kappa shape index (κ3) is 3.61. The van der Waals surface area contributed by atoms with Gasteiger partial charge in [0.2, 0.25) is 0 Å². The Kier molecular flexibility index (Phi) is 4.63. The molecule has 2 rings (SSSR count). The van der Waals surface area contributed by atoms with E-state index in [1.54, 1.807) is 18.3 Å². The first-order valence-electron chi connectivity index (χ1n) is 6.59. The highest BCUT2D eigenvalue weighted by atomic mass is 19.1. The third-order valence-corrected chi connectivity index (χ3v) is 3.23. The second kappa shape index (κ2) is 6.43. The first-order valence-corrected chi connectivity index (χ1v) is 6.59. The van der Waals surface area contributed by atoms with Crippen molar-refractivity contribution >= 4 is 0 Å². The SMILES string of the molecule is CCNC(Cc1cccc(F)c1)c1cnccc1C. The largest absolute Gasteiger partial charge is 0.310 e. The maximum absolute atomic E-state index is 13.3. The van der Waals surface area contributed by atoms with Crippen LogP contribution in [-0.4, -0.2) is 11.5 Å². The molecule has 0 aliphatic carbocycles. The van der Waals surface area contributed by atoms with Crippen molar-refractivity contribution in [3.05, 3.63) is 65.2 Å². The number of pyridine rings is 1. The zero-order valence-corrected chi connectivity index (χ0v) is 11.4. The van der Waals surface area contributed by atoms with Crippen LogP contribution in [0.1, 0.15) is 29.7 Å². The molecule has 2 nitrogen and oxygen atoms in total. The molecule has 0 bridgehead atoms. The van der Waals surface area contributed by atoms with E-state index in [0.717, 1.165) is 18.5 Å². The van der Waals surface area contributed by atoms with Crippen LogP contribution in [0.2, 0.25) is 0 Å². The fraction of sp³-hybridized carbons (Fsp3) is 0.312. The molecule has 0 saturated heterocycles. The molecular formula is C16H19FN2. The van der Waals surface area contributed by atoms with Gasteiger partial charge in [-0.3, -0.25) is 4.98 Å². The summed E-state index contributed by atoms with van der Waals surface area (Å²) in [4.78, 5) is 4.19. The van der Waals surface area contributed by atoms with Crippen molar-refractivity contribution in [2.75, 3.05) is 6.54 Å². The minimum Gasteiger partial charge on any atom is -0.310 e. The normalized spacial score (nSPS) is 12.4. The number of halogens is 1. The van der Waals surface area contributed by atoms with Gasteiger partial charge in [0.1, 0.15) is 5.82 Å². The molecule has 0 amide bonds. The molecule has 3 heteroatoms. The monoisotopic (exact) mass is 258 g/mol. The van der Waals surface area contributed by atoms with Gasteiger partial charge in [0.15, 0.2) is 0 Å². The quantitative estimate of drug-likeness (QED) is 0.888. The van der Waals surface area contributed by atoms with Gasteiger partial charge in [-0.25, -0.2) is 4.39 Å². The Bertz CT molecular complexity index is 540. The zero-order chi connectivity index (χ0) is 13.7. The highest BCUT2D eigenvalue weighted by Crippen LogP contribution is 2.21. The predicted molar refractivity (Wildman–Crippen MR) is 75.5 cm³/mol. The third-order valence-electron chi connectivity index (χ3n) is 3.23. The van der Waals surface area contributed by atoms with Crippen molar-refractivity contribution in [1.82, 2.24) is 10.3 Å². The van der Waals surface area contributed by atoms with E-state index in [4.69, 9.17) is 0 Å². The van der Waals surface area contributed by atoms with Crippen LogP contribution in [0, 0.1) is 12.7 Å². The van der Waals surface area contributed by atoms with E-state index >= 15 is 0 Å². The van der Waals surface area contributed by atoms with Crippen molar-refractivity contribution in [1.29, 1.82) is 0 Å². The topological polar surface area (TPSA) is 24.9 Å². The second-order valence-corrected chi connectivity index (χ2v) is 4.68. The van der Waals surface area contributed by atoms with Gasteiger partial charge in [-0.15, -0.1) is 0 Å². The Morgan fingerprint density at radius 2 is 2.16 bits per heavy atom. The van der Waals surface area contributed by atoms with Crippen molar-refractivity contribution in [2.45, 2.75) is 26.3 Å². The molecule has 0 aliphatic heterocycles. The van der Waals surface area contributed by atoms with Crippen molar-refractivity contribution in [2.24, 2.45) is 0 Å². The van der Waals surface area contributed by atoms with Crippen LogP contribution in [0.5, 0.6) is 0 Å². The van der Waals surface area contributed by atoms with E-state index in [2.05, 4.69) is 24.1 Å². The fourth-order valence-electron chi connectivity index (χ4n) is 2.28. The molecule has 0 aliphatic rings. The Morgan fingerprint density at radius 3 is 2.84 bits per heavy atom. The molecule has 19 heavy (non-hydrogen) atoms. The maximum atomic E-state index is 13.3. The summed E-state index contributed by atoms with van der Waals surface area (Å²) in [6.07, 6.45) is 4.45. The van der Waals surface area contributed by atoms with Gasteiger partial charge >= 0.3 is 0 Å². The predicted octanol–water partition coefficient (Wildman–Crippen LogP) is 3.42. The average Bonchev–Trinajstić information content (AvgIpc) is 2.39. The van der Waals surface area contributed by atoms with Crippen molar-refractivity contribution in [3.63, 3.8) is 0 Å². The molecular weight excluding hydrogens is 239 g/mol. The Balaban J connectivity index is 2.24. The Morgan fingerprint density at radius 1 is 1.32 bits per heavy atom. The number of hydrogen-bond donors (Lipinski definition) is 1. The summed E-state index contributed by atoms with van der Waals surface area (Å²) in [6.45, 7) is 5.02. The Hall–Kier alpha value is -1.74. The van der Waals surface area contributed by atoms with E-state index in [9.17, 15) is 4.39 Å². The number of hydrogen-bond acceptors (Lipinski definition) is 2. The minimum atomic E-state index is -0.185.